The van der Waals surface area contributed by atoms with Crippen molar-refractivity contribution < 1.29 is 27.4 Å². The zero-order chi connectivity index (χ0) is 27.3. The number of halogens is 3. The quantitative estimate of drug-likeness (QED) is 0.375. The number of rotatable bonds is 10. The van der Waals surface area contributed by atoms with E-state index in [0.29, 0.717) is 42.9 Å². The second kappa shape index (κ2) is 12.5. The lowest BCUT2D eigenvalue weighted by Crippen LogP contribution is -2.36. The molecule has 0 aliphatic carbocycles. The van der Waals surface area contributed by atoms with Gasteiger partial charge in [0, 0.05) is 17.3 Å². The maximum absolute atomic E-state index is 15.0. The zero-order valence-corrected chi connectivity index (χ0v) is 22.8. The SMILES string of the molecule is O=C(O)C1CCN(CCCc2cc(Cl)ccc2Oc2cc(F)c(S(=O)(=O)NC3=CCCC=N3)cc2Cl)CC1. The molecule has 0 aromatic heterocycles. The molecule has 0 saturated carbocycles. The van der Waals surface area contributed by atoms with E-state index in [4.69, 9.17) is 33.0 Å². The fourth-order valence-corrected chi connectivity index (χ4v) is 6.00. The number of nitrogens with zero attached hydrogens (tertiary/aromatic N) is 2. The Hall–Kier alpha value is -2.66. The summed E-state index contributed by atoms with van der Waals surface area (Å²) in [5.41, 5.74) is 0.787. The number of carboxylic acids is 1. The number of carbonyl (C=O) groups is 1. The van der Waals surface area contributed by atoms with E-state index >= 15 is 0 Å². The fourth-order valence-electron chi connectivity index (χ4n) is 4.42. The maximum atomic E-state index is 15.0. The Balaban J connectivity index is 1.44. The van der Waals surface area contributed by atoms with E-state index in [9.17, 15) is 17.6 Å². The normalized spacial score (nSPS) is 16.8. The molecule has 0 radical (unpaired) electrons. The van der Waals surface area contributed by atoms with E-state index < -0.39 is 26.7 Å². The summed E-state index contributed by atoms with van der Waals surface area (Å²) in [6, 6.07) is 7.02. The average Bonchev–Trinajstić information content (AvgIpc) is 2.88. The molecule has 0 unspecified atom stereocenters. The van der Waals surface area contributed by atoms with Gasteiger partial charge in [0.1, 0.15) is 28.0 Å². The summed E-state index contributed by atoms with van der Waals surface area (Å²) < 4.78 is 48.6. The average molecular weight is 584 g/mol. The van der Waals surface area contributed by atoms with Crippen LogP contribution in [0.5, 0.6) is 11.5 Å². The molecule has 8 nitrogen and oxygen atoms in total. The monoisotopic (exact) mass is 583 g/mol. The molecule has 0 bridgehead atoms. The maximum Gasteiger partial charge on any atom is 0.306 e. The van der Waals surface area contributed by atoms with Crippen molar-refractivity contribution in [3.8, 4) is 11.5 Å². The highest BCUT2D eigenvalue weighted by Gasteiger charge is 2.25. The predicted molar refractivity (Wildman–Crippen MR) is 144 cm³/mol. The highest BCUT2D eigenvalue weighted by molar-refractivity contribution is 7.89. The number of carboxylic acid groups (broad SMARTS) is 1. The number of hydrogen-bond acceptors (Lipinski definition) is 6. The molecule has 2 aromatic rings. The van der Waals surface area contributed by atoms with Gasteiger partial charge in [-0.05, 0) is 94.1 Å². The Morgan fingerprint density at radius 1 is 1.16 bits per heavy atom. The summed E-state index contributed by atoms with van der Waals surface area (Å²) in [7, 11) is -4.25. The number of aliphatic imine (C=N–C) groups is 1. The number of benzene rings is 2. The first-order valence-corrected chi connectivity index (χ1v) is 14.5. The number of likely N-dealkylation sites (tertiary alicyclic amines) is 1. The molecule has 0 amide bonds. The molecule has 1 fully saturated rings. The van der Waals surface area contributed by atoms with Crippen LogP contribution in [0.4, 0.5) is 4.39 Å². The molecule has 2 aliphatic heterocycles. The van der Waals surface area contributed by atoms with E-state index in [1.807, 2.05) is 0 Å². The third-order valence-corrected chi connectivity index (χ3v) is 8.38. The molecule has 0 spiro atoms. The van der Waals surface area contributed by atoms with Gasteiger partial charge in [0.25, 0.3) is 10.0 Å². The van der Waals surface area contributed by atoms with Crippen LogP contribution in [-0.2, 0) is 21.2 Å². The van der Waals surface area contributed by atoms with Crippen LogP contribution in [0.15, 0.2) is 52.1 Å². The summed E-state index contributed by atoms with van der Waals surface area (Å²) in [5, 5.41) is 9.61. The van der Waals surface area contributed by atoms with Gasteiger partial charge in [0.2, 0.25) is 0 Å². The minimum absolute atomic E-state index is 0.0302. The Kier molecular flexibility index (Phi) is 9.30. The number of piperidine rings is 1. The number of sulfonamides is 1. The predicted octanol–water partition coefficient (Wildman–Crippen LogP) is 5.64. The summed E-state index contributed by atoms with van der Waals surface area (Å²) in [5.74, 6) is -1.51. The van der Waals surface area contributed by atoms with Crippen LogP contribution in [0, 0.1) is 11.7 Å². The summed E-state index contributed by atoms with van der Waals surface area (Å²) >= 11 is 12.5. The number of aryl methyl sites for hydroxylation is 1. The van der Waals surface area contributed by atoms with E-state index in [0.717, 1.165) is 43.8 Å². The number of aliphatic carboxylic acids is 1. The number of allylic oxidation sites excluding steroid dienone is 1. The molecule has 4 rings (SSSR count). The van der Waals surface area contributed by atoms with Crippen LogP contribution in [-0.4, -0.2) is 50.2 Å². The highest BCUT2D eigenvalue weighted by atomic mass is 35.5. The topological polar surface area (TPSA) is 108 Å². The van der Waals surface area contributed by atoms with E-state index in [1.54, 1.807) is 30.5 Å². The summed E-state index contributed by atoms with van der Waals surface area (Å²) in [6.07, 6.45) is 7.20. The van der Waals surface area contributed by atoms with Crippen LogP contribution >= 0.6 is 23.2 Å². The lowest BCUT2D eigenvalue weighted by molar-refractivity contribution is -0.143. The molecular formula is C26H28Cl2FN3O5S. The molecule has 2 aromatic carbocycles. The lowest BCUT2D eigenvalue weighted by atomic mass is 9.97. The Morgan fingerprint density at radius 3 is 2.61 bits per heavy atom. The number of ether oxygens (including phenoxy) is 1. The molecule has 12 heteroatoms. The third kappa shape index (κ3) is 7.25. The highest BCUT2D eigenvalue weighted by Crippen LogP contribution is 2.36. The first-order valence-electron chi connectivity index (χ1n) is 12.3. The standard InChI is InChI=1S/C26H28Cl2FN3O5S/c27-19-6-7-22(18(14-19)4-3-11-32-12-8-17(9-13-32)26(33)34)37-23-16-21(29)24(15-20(23)28)38(35,36)31-25-5-1-2-10-30-25/h5-7,10,14-17,31H,1-4,8-9,11-13H2,(H,33,34). The van der Waals surface area contributed by atoms with E-state index in [1.165, 1.54) is 0 Å². The molecular weight excluding hydrogens is 556 g/mol. The van der Waals surface area contributed by atoms with Crippen molar-refractivity contribution in [2.24, 2.45) is 10.9 Å². The van der Waals surface area contributed by atoms with Crippen molar-refractivity contribution in [2.45, 2.75) is 43.4 Å². The van der Waals surface area contributed by atoms with Crippen molar-refractivity contribution in [3.63, 3.8) is 0 Å². The largest absolute Gasteiger partial charge is 0.481 e. The number of hydrogen-bond donors (Lipinski definition) is 2. The molecule has 2 heterocycles. The second-order valence-corrected chi connectivity index (χ2v) is 11.7. The summed E-state index contributed by atoms with van der Waals surface area (Å²) in [4.78, 5) is 16.8. The number of nitrogens with one attached hydrogen (secondary N) is 1. The van der Waals surface area contributed by atoms with Gasteiger partial charge >= 0.3 is 5.97 Å². The smallest absolute Gasteiger partial charge is 0.306 e. The van der Waals surface area contributed by atoms with Gasteiger partial charge in [-0.1, -0.05) is 23.2 Å². The van der Waals surface area contributed by atoms with Crippen LogP contribution in [0.2, 0.25) is 10.0 Å². The molecule has 38 heavy (non-hydrogen) atoms. The first-order chi connectivity index (χ1) is 18.1. The summed E-state index contributed by atoms with van der Waals surface area (Å²) in [6.45, 7) is 2.25. The van der Waals surface area contributed by atoms with Gasteiger partial charge in [0.15, 0.2) is 0 Å². The van der Waals surface area contributed by atoms with Crippen molar-refractivity contribution in [2.75, 3.05) is 19.6 Å². The van der Waals surface area contributed by atoms with Gasteiger partial charge in [-0.15, -0.1) is 0 Å². The fraction of sp³-hybridized carbons (Fsp3) is 0.385. The van der Waals surface area contributed by atoms with Gasteiger partial charge < -0.3 is 14.7 Å². The Bertz CT molecular complexity index is 1360. The van der Waals surface area contributed by atoms with Crippen LogP contribution < -0.4 is 9.46 Å². The van der Waals surface area contributed by atoms with Gasteiger partial charge in [-0.25, -0.2) is 17.8 Å². The Labute approximate surface area is 231 Å². The van der Waals surface area contributed by atoms with Crippen molar-refractivity contribution in [1.82, 2.24) is 9.62 Å². The van der Waals surface area contributed by atoms with Crippen LogP contribution in [0.3, 0.4) is 0 Å². The van der Waals surface area contributed by atoms with Gasteiger partial charge in [0.05, 0.1) is 10.9 Å². The van der Waals surface area contributed by atoms with E-state index in [2.05, 4.69) is 14.6 Å². The molecule has 1 saturated heterocycles. The van der Waals surface area contributed by atoms with Crippen molar-refractivity contribution >= 4 is 45.4 Å². The third-order valence-electron chi connectivity index (χ3n) is 6.48. The zero-order valence-electron chi connectivity index (χ0n) is 20.5. The van der Waals surface area contributed by atoms with Crippen molar-refractivity contribution in [1.29, 1.82) is 0 Å². The van der Waals surface area contributed by atoms with Gasteiger partial charge in [-0.2, -0.15) is 0 Å². The molecule has 2 aliphatic rings. The molecule has 204 valence electrons. The second-order valence-electron chi connectivity index (χ2n) is 9.21. The lowest BCUT2D eigenvalue weighted by Gasteiger charge is -2.30. The molecule has 0 atom stereocenters. The molecule has 2 N–H and O–H groups in total. The first kappa shape index (κ1) is 28.4. The van der Waals surface area contributed by atoms with Crippen LogP contribution in [0.1, 0.15) is 37.7 Å². The van der Waals surface area contributed by atoms with Crippen molar-refractivity contribution in [3.05, 3.63) is 63.7 Å². The minimum atomic E-state index is -4.25. The van der Waals surface area contributed by atoms with Crippen LogP contribution in [0.25, 0.3) is 0 Å². The van der Waals surface area contributed by atoms with E-state index in [-0.39, 0.29) is 22.5 Å². The van der Waals surface area contributed by atoms with Gasteiger partial charge in [-0.3, -0.25) is 9.52 Å². The minimum Gasteiger partial charge on any atom is -0.481 e. The Morgan fingerprint density at radius 2 is 1.92 bits per heavy atom.